The molecule has 0 aliphatic heterocycles. The van der Waals surface area contributed by atoms with Gasteiger partial charge in [0.2, 0.25) is 0 Å². The van der Waals surface area contributed by atoms with Crippen LogP contribution in [0.1, 0.15) is 31.2 Å². The van der Waals surface area contributed by atoms with Gasteiger partial charge in [-0.15, -0.1) is 24.0 Å². The average molecular weight is 530 g/mol. The SMILES string of the molecule is CN=C(NC(C)CCS(C)(=O)=O)NC1CC1c1ccc(Br)cc1.I. The second kappa shape index (κ2) is 9.38. The molecule has 0 radical (unpaired) electrons. The number of benzene rings is 1. The average Bonchev–Trinajstić information content (AvgIpc) is 3.23. The Labute approximate surface area is 170 Å². The summed E-state index contributed by atoms with van der Waals surface area (Å²) in [5.74, 6) is 1.42. The number of hydrogen-bond donors (Lipinski definition) is 2. The van der Waals surface area contributed by atoms with Crippen LogP contribution in [-0.4, -0.2) is 45.5 Å². The highest BCUT2D eigenvalue weighted by Gasteiger charge is 2.39. The zero-order valence-corrected chi connectivity index (χ0v) is 18.9. The van der Waals surface area contributed by atoms with Crippen LogP contribution in [0.3, 0.4) is 0 Å². The normalized spacial score (nSPS) is 21.6. The van der Waals surface area contributed by atoms with Gasteiger partial charge in [0, 0.05) is 35.8 Å². The number of rotatable bonds is 6. The van der Waals surface area contributed by atoms with Crippen LogP contribution in [0, 0.1) is 0 Å². The standard InChI is InChI=1S/C16H24BrN3O2S.HI/c1-11(8-9-23(3,21)22)19-16(18-2)20-15-10-14(15)12-4-6-13(17)7-5-12;/h4-7,11,14-15H,8-10H2,1-3H3,(H2,18,19,20);1H. The third-order valence-corrected chi connectivity index (χ3v) is 5.45. The van der Waals surface area contributed by atoms with Gasteiger partial charge in [-0.05, 0) is 37.5 Å². The van der Waals surface area contributed by atoms with E-state index in [0.29, 0.717) is 18.4 Å². The minimum Gasteiger partial charge on any atom is -0.354 e. The number of nitrogens with one attached hydrogen (secondary N) is 2. The Hall–Kier alpha value is -0.350. The van der Waals surface area contributed by atoms with Gasteiger partial charge in [-0.25, -0.2) is 8.42 Å². The number of sulfone groups is 1. The summed E-state index contributed by atoms with van der Waals surface area (Å²) in [5, 5.41) is 6.67. The molecular formula is C16H25BrIN3O2S. The fourth-order valence-electron chi connectivity index (χ4n) is 2.48. The van der Waals surface area contributed by atoms with Gasteiger partial charge in [0.05, 0.1) is 5.75 Å². The van der Waals surface area contributed by atoms with Gasteiger partial charge in [-0.3, -0.25) is 4.99 Å². The van der Waals surface area contributed by atoms with Gasteiger partial charge in [0.25, 0.3) is 0 Å². The van der Waals surface area contributed by atoms with Crippen LogP contribution in [0.15, 0.2) is 33.7 Å². The second-order valence-corrected chi connectivity index (χ2v) is 9.36. The molecule has 136 valence electrons. The topological polar surface area (TPSA) is 70.6 Å². The molecule has 3 atom stereocenters. The van der Waals surface area contributed by atoms with Crippen LogP contribution in [0.25, 0.3) is 0 Å². The van der Waals surface area contributed by atoms with Crippen molar-refractivity contribution in [2.75, 3.05) is 19.1 Å². The second-order valence-electron chi connectivity index (χ2n) is 6.18. The number of nitrogens with zero attached hydrogens (tertiary/aromatic N) is 1. The van der Waals surface area contributed by atoms with Crippen molar-refractivity contribution in [1.29, 1.82) is 0 Å². The molecule has 0 bridgehead atoms. The van der Waals surface area contributed by atoms with Gasteiger partial charge in [-0.1, -0.05) is 28.1 Å². The summed E-state index contributed by atoms with van der Waals surface area (Å²) < 4.78 is 23.5. The van der Waals surface area contributed by atoms with Gasteiger partial charge in [0.15, 0.2) is 5.96 Å². The zero-order chi connectivity index (χ0) is 17.0. The Balaban J connectivity index is 0.00000288. The molecular weight excluding hydrogens is 505 g/mol. The van der Waals surface area contributed by atoms with Gasteiger partial charge in [0.1, 0.15) is 9.84 Å². The molecule has 0 heterocycles. The van der Waals surface area contributed by atoms with E-state index in [1.807, 2.05) is 6.92 Å². The maximum absolute atomic E-state index is 11.2. The van der Waals surface area contributed by atoms with Crippen molar-refractivity contribution in [3.63, 3.8) is 0 Å². The molecule has 24 heavy (non-hydrogen) atoms. The maximum atomic E-state index is 11.2. The van der Waals surface area contributed by atoms with E-state index in [-0.39, 0.29) is 35.8 Å². The van der Waals surface area contributed by atoms with Gasteiger partial charge < -0.3 is 10.6 Å². The molecule has 1 aliphatic carbocycles. The molecule has 0 spiro atoms. The number of aliphatic imine (C=N–C) groups is 1. The summed E-state index contributed by atoms with van der Waals surface area (Å²) >= 11 is 3.45. The molecule has 1 saturated carbocycles. The largest absolute Gasteiger partial charge is 0.354 e. The van der Waals surface area contributed by atoms with Crippen molar-refractivity contribution >= 4 is 55.7 Å². The monoisotopic (exact) mass is 529 g/mol. The molecule has 1 aromatic carbocycles. The summed E-state index contributed by atoms with van der Waals surface area (Å²) in [7, 11) is -1.19. The van der Waals surface area contributed by atoms with Crippen LogP contribution in [0.4, 0.5) is 0 Å². The van der Waals surface area contributed by atoms with Crippen molar-refractivity contribution in [1.82, 2.24) is 10.6 Å². The van der Waals surface area contributed by atoms with Crippen molar-refractivity contribution in [2.45, 2.75) is 37.8 Å². The fraction of sp³-hybridized carbons (Fsp3) is 0.562. The molecule has 1 aromatic rings. The Morgan fingerprint density at radius 3 is 2.54 bits per heavy atom. The Bertz CT molecular complexity index is 664. The van der Waals surface area contributed by atoms with Gasteiger partial charge >= 0.3 is 0 Å². The zero-order valence-electron chi connectivity index (χ0n) is 14.1. The van der Waals surface area contributed by atoms with Crippen LogP contribution in [0.5, 0.6) is 0 Å². The molecule has 0 amide bonds. The van der Waals surface area contributed by atoms with E-state index in [2.05, 4.69) is 55.8 Å². The Morgan fingerprint density at radius 1 is 1.38 bits per heavy atom. The third-order valence-electron chi connectivity index (χ3n) is 3.94. The van der Waals surface area contributed by atoms with E-state index in [1.54, 1.807) is 7.05 Å². The van der Waals surface area contributed by atoms with Crippen molar-refractivity contribution in [3.05, 3.63) is 34.3 Å². The molecule has 2 rings (SSSR count). The van der Waals surface area contributed by atoms with Crippen LogP contribution < -0.4 is 10.6 Å². The Kier molecular flexibility index (Phi) is 8.47. The first-order valence-corrected chi connectivity index (χ1v) is 10.6. The number of guanidine groups is 1. The number of halogens is 2. The summed E-state index contributed by atoms with van der Waals surface area (Å²) in [6.45, 7) is 1.97. The van der Waals surface area contributed by atoms with Crippen LogP contribution in [-0.2, 0) is 9.84 Å². The lowest BCUT2D eigenvalue weighted by Gasteiger charge is -2.17. The van der Waals surface area contributed by atoms with E-state index in [1.165, 1.54) is 11.8 Å². The minimum absolute atomic E-state index is 0. The molecule has 1 aliphatic rings. The highest BCUT2D eigenvalue weighted by Crippen LogP contribution is 2.40. The van der Waals surface area contributed by atoms with Crippen molar-refractivity contribution < 1.29 is 8.42 Å². The predicted octanol–water partition coefficient (Wildman–Crippen LogP) is 2.91. The molecule has 5 nitrogen and oxygen atoms in total. The lowest BCUT2D eigenvalue weighted by Crippen LogP contribution is -2.44. The van der Waals surface area contributed by atoms with Crippen molar-refractivity contribution in [2.24, 2.45) is 4.99 Å². The summed E-state index contributed by atoms with van der Waals surface area (Å²) in [4.78, 5) is 4.23. The molecule has 3 unspecified atom stereocenters. The van der Waals surface area contributed by atoms with Crippen molar-refractivity contribution in [3.8, 4) is 0 Å². The van der Waals surface area contributed by atoms with Crippen LogP contribution >= 0.6 is 39.9 Å². The highest BCUT2D eigenvalue weighted by molar-refractivity contribution is 14.0. The lowest BCUT2D eigenvalue weighted by molar-refractivity contribution is 0.581. The minimum atomic E-state index is -2.92. The van der Waals surface area contributed by atoms with E-state index < -0.39 is 9.84 Å². The van der Waals surface area contributed by atoms with E-state index in [9.17, 15) is 8.42 Å². The number of hydrogen-bond acceptors (Lipinski definition) is 3. The summed E-state index contributed by atoms with van der Waals surface area (Å²) in [6, 6.07) is 8.84. The smallest absolute Gasteiger partial charge is 0.191 e. The first-order chi connectivity index (χ1) is 10.8. The van der Waals surface area contributed by atoms with Gasteiger partial charge in [-0.2, -0.15) is 0 Å². The molecule has 2 N–H and O–H groups in total. The summed E-state index contributed by atoms with van der Waals surface area (Å²) in [6.07, 6.45) is 2.92. The van der Waals surface area contributed by atoms with Crippen LogP contribution in [0.2, 0.25) is 0 Å². The fourth-order valence-corrected chi connectivity index (χ4v) is 3.52. The maximum Gasteiger partial charge on any atom is 0.191 e. The quantitative estimate of drug-likeness (QED) is 0.338. The molecule has 0 saturated heterocycles. The first kappa shape index (κ1) is 21.7. The molecule has 1 fully saturated rings. The first-order valence-electron chi connectivity index (χ1n) is 7.71. The third kappa shape index (κ3) is 7.26. The van der Waals surface area contributed by atoms with E-state index >= 15 is 0 Å². The van der Waals surface area contributed by atoms with E-state index in [4.69, 9.17) is 0 Å². The lowest BCUT2D eigenvalue weighted by atomic mass is 10.1. The molecule has 0 aromatic heterocycles. The highest BCUT2D eigenvalue weighted by atomic mass is 127. The summed E-state index contributed by atoms with van der Waals surface area (Å²) in [5.41, 5.74) is 1.33. The predicted molar refractivity (Wildman–Crippen MR) is 114 cm³/mol. The Morgan fingerprint density at radius 2 is 2.00 bits per heavy atom. The molecule has 8 heteroatoms. The van der Waals surface area contributed by atoms with E-state index in [0.717, 1.165) is 16.9 Å².